The predicted molar refractivity (Wildman–Crippen MR) is 71.5 cm³/mol. The maximum absolute atomic E-state index is 11.6. The molecule has 1 aromatic rings. The molecule has 0 aromatic carbocycles. The number of carbonyl (C=O) groups is 1. The van der Waals surface area contributed by atoms with Gasteiger partial charge in [0.05, 0.1) is 11.5 Å². The number of hydrogen-bond acceptors (Lipinski definition) is 5. The fourth-order valence-corrected chi connectivity index (χ4v) is 3.80. The zero-order valence-corrected chi connectivity index (χ0v) is 11.2. The molecular weight excluding hydrogens is 288 g/mol. The lowest BCUT2D eigenvalue weighted by Crippen LogP contribution is -2.36. The van der Waals surface area contributed by atoms with Gasteiger partial charge in [0.15, 0.2) is 9.84 Å². The average molecular weight is 302 g/mol. The van der Waals surface area contributed by atoms with Gasteiger partial charge in [-0.2, -0.15) is 0 Å². The lowest BCUT2D eigenvalue weighted by Gasteiger charge is -2.10. The molecular formula is C10H14N4O5S. The molecule has 0 unspecified atom stereocenters. The first-order valence-corrected chi connectivity index (χ1v) is 7.75. The van der Waals surface area contributed by atoms with E-state index < -0.39 is 27.1 Å². The maximum Gasteiger partial charge on any atom is 0.325 e. The van der Waals surface area contributed by atoms with Crippen molar-refractivity contribution in [3.05, 3.63) is 27.0 Å². The van der Waals surface area contributed by atoms with Gasteiger partial charge in [-0.1, -0.05) is 0 Å². The summed E-state index contributed by atoms with van der Waals surface area (Å²) in [5, 5.41) is 4.76. The quantitative estimate of drug-likeness (QED) is 0.544. The Labute approximate surface area is 113 Å². The molecule has 0 saturated carbocycles. The first kappa shape index (κ1) is 14.3. The number of aromatic amines is 2. The van der Waals surface area contributed by atoms with Crippen molar-refractivity contribution in [1.82, 2.24) is 15.3 Å². The molecule has 10 heteroatoms. The minimum atomic E-state index is -2.98. The molecule has 4 N–H and O–H groups in total. The number of amides is 2. The van der Waals surface area contributed by atoms with Crippen LogP contribution in [0.15, 0.2) is 15.8 Å². The third kappa shape index (κ3) is 3.70. The Kier molecular flexibility index (Phi) is 3.93. The Morgan fingerprint density at radius 1 is 1.40 bits per heavy atom. The van der Waals surface area contributed by atoms with Crippen molar-refractivity contribution in [1.29, 1.82) is 0 Å². The van der Waals surface area contributed by atoms with Gasteiger partial charge in [-0.05, 0) is 12.3 Å². The van der Waals surface area contributed by atoms with Crippen molar-refractivity contribution < 1.29 is 13.2 Å². The van der Waals surface area contributed by atoms with Crippen LogP contribution in [0.5, 0.6) is 0 Å². The highest BCUT2D eigenvalue weighted by Crippen LogP contribution is 2.17. The molecule has 20 heavy (non-hydrogen) atoms. The van der Waals surface area contributed by atoms with Crippen molar-refractivity contribution in [3.8, 4) is 0 Å². The van der Waals surface area contributed by atoms with Crippen LogP contribution in [0.25, 0.3) is 0 Å². The van der Waals surface area contributed by atoms with E-state index in [1.54, 1.807) is 0 Å². The maximum atomic E-state index is 11.6. The van der Waals surface area contributed by atoms with E-state index in [4.69, 9.17) is 0 Å². The Morgan fingerprint density at radius 3 is 2.75 bits per heavy atom. The second-order valence-corrected chi connectivity index (χ2v) is 6.82. The second-order valence-electron chi connectivity index (χ2n) is 4.59. The SMILES string of the molecule is O=C(NC[C@@H]1CCS(=O)(=O)C1)Nc1c[nH]c(=O)[nH]c1=O. The number of aromatic nitrogens is 2. The van der Waals surface area contributed by atoms with E-state index in [2.05, 4.69) is 15.6 Å². The molecule has 0 aliphatic carbocycles. The van der Waals surface area contributed by atoms with Crippen LogP contribution in [-0.4, -0.2) is 42.5 Å². The van der Waals surface area contributed by atoms with Crippen molar-refractivity contribution >= 4 is 21.6 Å². The molecule has 0 spiro atoms. The van der Waals surface area contributed by atoms with Crippen molar-refractivity contribution in [2.75, 3.05) is 23.4 Å². The summed E-state index contributed by atoms with van der Waals surface area (Å²) in [6.07, 6.45) is 1.60. The number of hydrogen-bond donors (Lipinski definition) is 4. The number of H-pyrrole nitrogens is 2. The molecule has 1 aromatic heterocycles. The first-order chi connectivity index (χ1) is 9.35. The number of sulfone groups is 1. The summed E-state index contributed by atoms with van der Waals surface area (Å²) in [7, 11) is -2.98. The topological polar surface area (TPSA) is 141 Å². The van der Waals surface area contributed by atoms with Crippen LogP contribution < -0.4 is 21.9 Å². The molecule has 2 rings (SSSR count). The Hall–Kier alpha value is -2.10. The van der Waals surface area contributed by atoms with Crippen LogP contribution >= 0.6 is 0 Å². The number of urea groups is 1. The van der Waals surface area contributed by atoms with E-state index in [0.29, 0.717) is 6.42 Å². The Bertz CT molecular complexity index is 720. The minimum Gasteiger partial charge on any atom is -0.338 e. The fraction of sp³-hybridized carbons (Fsp3) is 0.500. The van der Waals surface area contributed by atoms with Gasteiger partial charge in [-0.3, -0.25) is 9.78 Å². The summed E-state index contributed by atoms with van der Waals surface area (Å²) in [6.45, 7) is 0.215. The number of nitrogens with one attached hydrogen (secondary N) is 4. The van der Waals surface area contributed by atoms with E-state index >= 15 is 0 Å². The van der Waals surface area contributed by atoms with Crippen LogP contribution in [0.4, 0.5) is 10.5 Å². The van der Waals surface area contributed by atoms with Gasteiger partial charge in [0.1, 0.15) is 5.69 Å². The van der Waals surface area contributed by atoms with E-state index in [-0.39, 0.29) is 29.7 Å². The molecule has 110 valence electrons. The molecule has 1 aliphatic rings. The molecule has 9 nitrogen and oxygen atoms in total. The minimum absolute atomic E-state index is 0.0620. The first-order valence-electron chi connectivity index (χ1n) is 5.93. The van der Waals surface area contributed by atoms with Crippen molar-refractivity contribution in [3.63, 3.8) is 0 Å². The van der Waals surface area contributed by atoms with Crippen LogP contribution in [0.1, 0.15) is 6.42 Å². The van der Waals surface area contributed by atoms with Gasteiger partial charge in [0.25, 0.3) is 5.56 Å². The predicted octanol–water partition coefficient (Wildman–Crippen LogP) is -1.38. The number of rotatable bonds is 3. The highest BCUT2D eigenvalue weighted by atomic mass is 32.2. The van der Waals surface area contributed by atoms with Crippen molar-refractivity contribution in [2.45, 2.75) is 6.42 Å². The number of anilines is 1. The Morgan fingerprint density at radius 2 is 2.15 bits per heavy atom. The molecule has 1 atom stereocenters. The molecule has 2 heterocycles. The van der Waals surface area contributed by atoms with E-state index in [1.807, 2.05) is 4.98 Å². The average Bonchev–Trinajstić information content (AvgIpc) is 2.70. The molecule has 1 fully saturated rings. The third-order valence-corrected chi connectivity index (χ3v) is 4.78. The molecule has 0 bridgehead atoms. The van der Waals surface area contributed by atoms with Crippen LogP contribution in [0.2, 0.25) is 0 Å². The van der Waals surface area contributed by atoms with E-state index in [0.717, 1.165) is 6.20 Å². The summed E-state index contributed by atoms with van der Waals surface area (Å²) in [5.74, 6) is 0.0900. The normalized spacial score (nSPS) is 20.5. The molecule has 1 saturated heterocycles. The van der Waals surface area contributed by atoms with Crippen LogP contribution in [0, 0.1) is 5.92 Å². The van der Waals surface area contributed by atoms with Crippen LogP contribution in [-0.2, 0) is 9.84 Å². The second kappa shape index (κ2) is 5.49. The molecule has 2 amide bonds. The van der Waals surface area contributed by atoms with E-state index in [9.17, 15) is 22.8 Å². The van der Waals surface area contributed by atoms with Crippen molar-refractivity contribution in [2.24, 2.45) is 5.92 Å². The van der Waals surface area contributed by atoms with Gasteiger partial charge in [-0.25, -0.2) is 18.0 Å². The third-order valence-electron chi connectivity index (χ3n) is 2.95. The highest BCUT2D eigenvalue weighted by Gasteiger charge is 2.27. The summed E-state index contributed by atoms with van der Waals surface area (Å²) in [5.41, 5.74) is -1.48. The van der Waals surface area contributed by atoms with Gasteiger partial charge in [0, 0.05) is 12.7 Å². The summed E-state index contributed by atoms with van der Waals surface area (Å²) in [6, 6.07) is -0.633. The van der Waals surface area contributed by atoms with Gasteiger partial charge in [-0.15, -0.1) is 0 Å². The smallest absolute Gasteiger partial charge is 0.325 e. The summed E-state index contributed by atoms with van der Waals surface area (Å²) in [4.78, 5) is 37.9. The molecule has 0 radical (unpaired) electrons. The number of carbonyl (C=O) groups excluding carboxylic acids is 1. The zero-order valence-electron chi connectivity index (χ0n) is 10.4. The van der Waals surface area contributed by atoms with Gasteiger partial charge < -0.3 is 15.6 Å². The Balaban J connectivity index is 1.87. The standard InChI is InChI=1S/C10H14N4O5S/c15-8-7(4-12-10(17)14-8)13-9(16)11-3-6-1-2-20(18,19)5-6/h4,6H,1-3,5H2,(H2,11,13,16)(H2,12,14,15,17)/t6-/m0/s1. The largest absolute Gasteiger partial charge is 0.338 e. The van der Waals surface area contributed by atoms with Gasteiger partial charge >= 0.3 is 11.7 Å². The lowest BCUT2D eigenvalue weighted by molar-refractivity contribution is 0.250. The van der Waals surface area contributed by atoms with Gasteiger partial charge in [0.2, 0.25) is 0 Å². The molecule has 1 aliphatic heterocycles. The zero-order chi connectivity index (χ0) is 14.8. The highest BCUT2D eigenvalue weighted by molar-refractivity contribution is 7.91. The van der Waals surface area contributed by atoms with E-state index in [1.165, 1.54) is 0 Å². The lowest BCUT2D eigenvalue weighted by atomic mass is 10.1. The monoisotopic (exact) mass is 302 g/mol. The summed E-state index contributed by atoms with van der Waals surface area (Å²) < 4.78 is 22.5. The van der Waals surface area contributed by atoms with Crippen LogP contribution in [0.3, 0.4) is 0 Å². The fourth-order valence-electron chi connectivity index (χ4n) is 1.94. The summed E-state index contributed by atoms with van der Waals surface area (Å²) >= 11 is 0.